The molecule has 0 unspecified atom stereocenters. The predicted octanol–water partition coefficient (Wildman–Crippen LogP) is 1.86. The van der Waals surface area contributed by atoms with E-state index in [-0.39, 0.29) is 23.1 Å². The van der Waals surface area contributed by atoms with Gasteiger partial charge in [-0.15, -0.1) is 0 Å². The van der Waals surface area contributed by atoms with Crippen LogP contribution in [0.3, 0.4) is 0 Å². The minimum absolute atomic E-state index is 0.115. The number of benzene rings is 2. The van der Waals surface area contributed by atoms with Crippen LogP contribution in [0.15, 0.2) is 54.1 Å². The second-order valence-electron chi connectivity index (χ2n) is 5.64. The van der Waals surface area contributed by atoms with Crippen molar-refractivity contribution < 1.29 is 25.0 Å². The maximum atomic E-state index is 11.8. The zero-order valence-corrected chi connectivity index (χ0v) is 19.1. The molecule has 0 radical (unpaired) electrons. The number of hydrogen-bond acceptors (Lipinski definition) is 5. The molecule has 0 saturated heterocycles. The highest BCUT2D eigenvalue weighted by molar-refractivity contribution is 7.80. The maximum absolute atomic E-state index is 11.8. The van der Waals surface area contributed by atoms with Gasteiger partial charge in [-0.2, -0.15) is 0 Å². The van der Waals surface area contributed by atoms with Crippen molar-refractivity contribution in [3.63, 3.8) is 0 Å². The molecule has 0 heterocycles. The van der Waals surface area contributed by atoms with E-state index in [4.69, 9.17) is 40.8 Å². The number of ether oxygens (including phenoxy) is 1. The largest absolute Gasteiger partial charge is 0.762 e. The molecule has 0 fully saturated rings. The number of quaternary nitrogens is 1. The van der Waals surface area contributed by atoms with E-state index >= 15 is 0 Å². The fourth-order valence-corrected chi connectivity index (χ4v) is 2.38. The topological polar surface area (TPSA) is 146 Å². The van der Waals surface area contributed by atoms with Gasteiger partial charge in [0.05, 0.1) is 6.61 Å². The number of thiocarbonyl (C=S) groups is 1. The van der Waals surface area contributed by atoms with Crippen LogP contribution in [0.1, 0.15) is 27.6 Å². The van der Waals surface area contributed by atoms with Gasteiger partial charge in [0.25, 0.3) is 11.8 Å². The Morgan fingerprint density at radius 1 is 0.969 bits per heavy atom. The third kappa shape index (κ3) is 8.84. The molecule has 168 valence electrons. The van der Waals surface area contributed by atoms with Crippen LogP contribution in [-0.4, -0.2) is 35.2 Å². The predicted molar refractivity (Wildman–Crippen MR) is 125 cm³/mol. The smallest absolute Gasteiger partial charge is 0.347 e. The SMILES string of the molecule is CCOC(=O)C(=C=[N-])C(=S)NNC(=O)c1ccc(Cl)cc1.[NH3+]NC(=O)c1ccc(Cl)cc1. The molecule has 32 heavy (non-hydrogen) atoms. The van der Waals surface area contributed by atoms with Crippen LogP contribution in [0.2, 0.25) is 10.0 Å². The molecule has 2 aromatic carbocycles. The van der Waals surface area contributed by atoms with Crippen LogP contribution >= 0.6 is 35.4 Å². The second kappa shape index (κ2) is 13.9. The first-order valence-corrected chi connectivity index (χ1v) is 10.0. The fourth-order valence-electron chi connectivity index (χ4n) is 1.95. The highest BCUT2D eigenvalue weighted by Gasteiger charge is 2.15. The molecule has 0 bridgehead atoms. The summed E-state index contributed by atoms with van der Waals surface area (Å²) in [4.78, 5) is 33.9. The first-order valence-electron chi connectivity index (χ1n) is 8.86. The highest BCUT2D eigenvalue weighted by Crippen LogP contribution is 2.09. The molecular weight excluding hydrogens is 477 g/mol. The second-order valence-corrected chi connectivity index (χ2v) is 6.92. The van der Waals surface area contributed by atoms with Crippen molar-refractivity contribution in [2.24, 2.45) is 0 Å². The zero-order valence-electron chi connectivity index (χ0n) is 16.8. The Balaban J connectivity index is 0.000000389. The van der Waals surface area contributed by atoms with Crippen molar-refractivity contribution in [1.82, 2.24) is 16.3 Å². The van der Waals surface area contributed by atoms with Crippen molar-refractivity contribution >= 4 is 64.1 Å². The normalized spacial score (nSPS) is 9.25. The molecule has 0 aliphatic carbocycles. The van der Waals surface area contributed by atoms with Gasteiger partial charge < -0.3 is 10.1 Å². The average Bonchev–Trinajstić information content (AvgIpc) is 2.79. The van der Waals surface area contributed by atoms with E-state index in [0.29, 0.717) is 21.2 Å². The molecule has 9 nitrogen and oxygen atoms in total. The van der Waals surface area contributed by atoms with Crippen LogP contribution in [0.4, 0.5) is 0 Å². The number of esters is 1. The monoisotopic (exact) mass is 495 g/mol. The third-order valence-electron chi connectivity index (χ3n) is 3.48. The zero-order chi connectivity index (χ0) is 24.1. The van der Waals surface area contributed by atoms with Gasteiger partial charge in [0.15, 0.2) is 0 Å². The summed E-state index contributed by atoms with van der Waals surface area (Å²) in [5.41, 5.74) is 7.38. The summed E-state index contributed by atoms with van der Waals surface area (Å²) in [6, 6.07) is 12.7. The van der Waals surface area contributed by atoms with Gasteiger partial charge in [0.2, 0.25) is 0 Å². The number of nitrogens with zero attached hydrogens (tertiary/aromatic N) is 1. The summed E-state index contributed by atoms with van der Waals surface area (Å²) >= 11 is 16.2. The van der Waals surface area contributed by atoms with E-state index in [2.05, 4.69) is 26.9 Å². The first-order chi connectivity index (χ1) is 15.2. The van der Waals surface area contributed by atoms with Crippen molar-refractivity contribution in [2.45, 2.75) is 6.92 Å². The third-order valence-corrected chi connectivity index (χ3v) is 4.29. The molecule has 0 aromatic heterocycles. The molecular formula is C20H19Cl2N5O4S. The van der Waals surface area contributed by atoms with E-state index in [1.807, 2.05) is 0 Å². The standard InChI is InChI=1S/C13H11ClN3O3S.C7H7ClN2O/c1-2-20-13(19)10(7-15)12(21)17-16-11(18)8-3-5-9(14)6-4-8;8-6-3-1-5(2-4-6)7(11)10-9/h3-6H,2H2,1H3,(H,16,18)(H,17,21);1-4H,9H2,(H,10,11)/q-1;/p+1. The van der Waals surface area contributed by atoms with Gasteiger partial charge >= 0.3 is 5.97 Å². The lowest BCUT2D eigenvalue weighted by Gasteiger charge is -2.11. The molecule has 0 spiro atoms. The Hall–Kier alpha value is -3.27. The first kappa shape index (κ1) is 26.8. The fraction of sp³-hybridized carbons (Fsp3) is 0.100. The number of rotatable bonds is 5. The summed E-state index contributed by atoms with van der Waals surface area (Å²) in [5, 5.41) is 9.98. The van der Waals surface area contributed by atoms with E-state index in [1.165, 1.54) is 12.1 Å². The lowest BCUT2D eigenvalue weighted by molar-refractivity contribution is -0.422. The van der Waals surface area contributed by atoms with Crippen LogP contribution in [-0.2, 0) is 9.53 Å². The van der Waals surface area contributed by atoms with E-state index in [9.17, 15) is 14.4 Å². The van der Waals surface area contributed by atoms with Crippen molar-refractivity contribution in [2.75, 3.05) is 6.61 Å². The summed E-state index contributed by atoms with van der Waals surface area (Å²) in [6.45, 7) is 1.72. The highest BCUT2D eigenvalue weighted by atomic mass is 35.5. The Morgan fingerprint density at radius 2 is 1.44 bits per heavy atom. The van der Waals surface area contributed by atoms with E-state index in [0.717, 1.165) is 0 Å². The molecule has 6 N–H and O–H groups in total. The van der Waals surface area contributed by atoms with E-state index in [1.54, 1.807) is 49.2 Å². The van der Waals surface area contributed by atoms with Crippen LogP contribution < -0.4 is 22.1 Å². The summed E-state index contributed by atoms with van der Waals surface area (Å²) in [6.07, 6.45) is 0. The Bertz CT molecular complexity index is 1020. The van der Waals surface area contributed by atoms with Gasteiger partial charge in [0, 0.05) is 21.2 Å². The van der Waals surface area contributed by atoms with Gasteiger partial charge in [-0.05, 0) is 55.5 Å². The molecule has 12 heteroatoms. The van der Waals surface area contributed by atoms with Gasteiger partial charge in [-0.1, -0.05) is 35.4 Å². The number of nitrogens with one attached hydrogen (secondary N) is 3. The Morgan fingerprint density at radius 3 is 1.84 bits per heavy atom. The lowest BCUT2D eigenvalue weighted by Crippen LogP contribution is -2.67. The van der Waals surface area contributed by atoms with Crippen molar-refractivity contribution in [3.05, 3.63) is 80.7 Å². The van der Waals surface area contributed by atoms with Gasteiger partial charge in [-0.25, -0.2) is 10.2 Å². The number of carbonyl (C=O) groups is 3. The molecule has 2 amide bonds. The van der Waals surface area contributed by atoms with E-state index < -0.39 is 11.9 Å². The van der Waals surface area contributed by atoms with Crippen LogP contribution in [0.25, 0.3) is 5.41 Å². The maximum Gasteiger partial charge on any atom is 0.347 e. The lowest BCUT2D eigenvalue weighted by atomic mass is 10.2. The average molecular weight is 496 g/mol. The molecule has 0 aliphatic rings. The number of hydrazine groups is 1. The van der Waals surface area contributed by atoms with Crippen molar-refractivity contribution in [3.8, 4) is 0 Å². The summed E-state index contributed by atoms with van der Waals surface area (Å²) in [5.74, 6) is 3.33. The summed E-state index contributed by atoms with van der Waals surface area (Å²) in [7, 11) is 0. The molecule has 0 atom stereocenters. The molecule has 2 rings (SSSR count). The minimum Gasteiger partial charge on any atom is -0.762 e. The number of amides is 2. The van der Waals surface area contributed by atoms with Crippen LogP contribution in [0, 0.1) is 0 Å². The minimum atomic E-state index is -0.849. The Kier molecular flexibility index (Phi) is 11.6. The molecule has 0 saturated carbocycles. The number of hydrogen-bond donors (Lipinski definition) is 4. The number of halogens is 2. The number of carbonyl (C=O) groups excluding carboxylic acids is 3. The Labute approximate surface area is 199 Å². The summed E-state index contributed by atoms with van der Waals surface area (Å²) < 4.78 is 4.67. The molecule has 2 aromatic rings. The van der Waals surface area contributed by atoms with Crippen molar-refractivity contribution in [1.29, 1.82) is 0 Å². The molecule has 0 aliphatic heterocycles. The van der Waals surface area contributed by atoms with Gasteiger partial charge in [0.1, 0.15) is 10.6 Å². The quantitative estimate of drug-likeness (QED) is 0.163. The van der Waals surface area contributed by atoms with Crippen LogP contribution in [0.5, 0.6) is 0 Å². The van der Waals surface area contributed by atoms with Gasteiger partial charge in [-0.3, -0.25) is 32.2 Å².